The highest BCUT2D eigenvalue weighted by Crippen LogP contribution is 2.42. The molecule has 1 aliphatic carbocycles. The lowest BCUT2D eigenvalue weighted by molar-refractivity contribution is -0.131. The molecule has 0 aromatic carbocycles. The Hall–Kier alpha value is -2.22. The van der Waals surface area contributed by atoms with Crippen LogP contribution in [0.4, 0.5) is 0 Å². The van der Waals surface area contributed by atoms with Gasteiger partial charge in [-0.15, -0.1) is 11.3 Å². The van der Waals surface area contributed by atoms with Gasteiger partial charge in [-0.2, -0.15) is 5.10 Å². The molecule has 2 fully saturated rings. The summed E-state index contributed by atoms with van der Waals surface area (Å²) in [6, 6.07) is 3.86. The van der Waals surface area contributed by atoms with Crippen LogP contribution in [-0.4, -0.2) is 38.2 Å². The Labute approximate surface area is 153 Å². The van der Waals surface area contributed by atoms with E-state index < -0.39 is 11.1 Å². The van der Waals surface area contributed by atoms with Crippen LogP contribution in [0.5, 0.6) is 0 Å². The normalized spacial score (nSPS) is 24.4. The van der Waals surface area contributed by atoms with E-state index in [4.69, 9.17) is 0 Å². The first-order valence-corrected chi connectivity index (χ1v) is 9.99. The van der Waals surface area contributed by atoms with Crippen molar-refractivity contribution in [3.63, 3.8) is 0 Å². The van der Waals surface area contributed by atoms with Crippen LogP contribution in [-0.2, 0) is 23.3 Å². The van der Waals surface area contributed by atoms with Crippen LogP contribution >= 0.6 is 11.3 Å². The number of hydrogen-bond acceptors (Lipinski definition) is 5. The molecule has 8 heteroatoms. The van der Waals surface area contributed by atoms with E-state index in [2.05, 4.69) is 5.10 Å². The fourth-order valence-electron chi connectivity index (χ4n) is 4.27. The number of carbonyl (C=O) groups is 1. The van der Waals surface area contributed by atoms with Gasteiger partial charge in [0.15, 0.2) is 0 Å². The number of likely N-dealkylation sites (tertiary alicyclic amines) is 1. The average Bonchev–Trinajstić information content (AvgIpc) is 3.05. The van der Waals surface area contributed by atoms with E-state index in [1.807, 2.05) is 22.4 Å². The minimum Gasteiger partial charge on any atom is -0.341 e. The van der Waals surface area contributed by atoms with Crippen LogP contribution < -0.4 is 11.1 Å². The zero-order valence-electron chi connectivity index (χ0n) is 14.4. The molecule has 2 aromatic rings. The van der Waals surface area contributed by atoms with Gasteiger partial charge in [-0.3, -0.25) is 19.0 Å². The van der Waals surface area contributed by atoms with Gasteiger partial charge in [-0.1, -0.05) is 6.07 Å². The van der Waals surface area contributed by atoms with Crippen LogP contribution in [0.15, 0.2) is 27.1 Å². The molecule has 1 atom stereocenters. The highest BCUT2D eigenvalue weighted by molar-refractivity contribution is 7.09. The molecule has 1 spiro atoms. The Morgan fingerprint density at radius 1 is 1.23 bits per heavy atom. The lowest BCUT2D eigenvalue weighted by atomic mass is 9.85. The monoisotopic (exact) mass is 372 g/mol. The van der Waals surface area contributed by atoms with Gasteiger partial charge in [0.05, 0.1) is 12.0 Å². The Morgan fingerprint density at radius 3 is 2.77 bits per heavy atom. The Kier molecular flexibility index (Phi) is 3.47. The third-order valence-electron chi connectivity index (χ3n) is 5.90. The molecular weight excluding hydrogens is 352 g/mol. The van der Waals surface area contributed by atoms with E-state index in [1.54, 1.807) is 15.9 Å². The molecule has 0 N–H and O–H groups in total. The Morgan fingerprint density at radius 2 is 2.04 bits per heavy atom. The maximum absolute atomic E-state index is 12.6. The lowest BCUT2D eigenvalue weighted by Crippen LogP contribution is -2.45. The second kappa shape index (κ2) is 5.64. The van der Waals surface area contributed by atoms with Gasteiger partial charge >= 0.3 is 11.1 Å². The summed E-state index contributed by atoms with van der Waals surface area (Å²) in [4.78, 5) is 40.4. The molecule has 1 saturated carbocycles. The molecular formula is C18H20N4O3S. The second-order valence-corrected chi connectivity index (χ2v) is 8.67. The smallest absolute Gasteiger partial charge is 0.332 e. The minimum atomic E-state index is -0.567. The predicted molar refractivity (Wildman–Crippen MR) is 96.4 cm³/mol. The molecule has 2 aliphatic heterocycles. The van der Waals surface area contributed by atoms with Crippen molar-refractivity contribution >= 4 is 17.2 Å². The van der Waals surface area contributed by atoms with Crippen molar-refractivity contribution in [1.29, 1.82) is 0 Å². The number of hydrogen-bond donors (Lipinski definition) is 0. The zero-order chi connectivity index (χ0) is 17.9. The third-order valence-corrected chi connectivity index (χ3v) is 6.76. The van der Waals surface area contributed by atoms with Crippen LogP contribution in [0.25, 0.3) is 0 Å². The first kappa shape index (κ1) is 16.0. The average molecular weight is 372 g/mol. The molecule has 4 heterocycles. The van der Waals surface area contributed by atoms with Crippen molar-refractivity contribution in [3.05, 3.63) is 48.9 Å². The second-order valence-electron chi connectivity index (χ2n) is 7.64. The minimum absolute atomic E-state index is 0.203. The molecule has 7 nitrogen and oxygen atoms in total. The summed E-state index contributed by atoms with van der Waals surface area (Å²) in [6.45, 7) is 2.17. The van der Waals surface area contributed by atoms with E-state index in [9.17, 15) is 14.4 Å². The van der Waals surface area contributed by atoms with E-state index in [-0.39, 0.29) is 17.2 Å². The van der Waals surface area contributed by atoms with Gasteiger partial charge in [0.2, 0.25) is 5.91 Å². The van der Waals surface area contributed by atoms with E-state index in [1.165, 1.54) is 4.68 Å². The van der Waals surface area contributed by atoms with Crippen LogP contribution in [0, 0.1) is 5.92 Å². The molecule has 1 saturated heterocycles. The quantitative estimate of drug-likeness (QED) is 0.747. The van der Waals surface area contributed by atoms with E-state index >= 15 is 0 Å². The van der Waals surface area contributed by atoms with Gasteiger partial charge in [-0.25, -0.2) is 4.68 Å². The highest BCUT2D eigenvalue weighted by Gasteiger charge is 2.49. The lowest BCUT2D eigenvalue weighted by Gasteiger charge is -2.23. The maximum atomic E-state index is 12.6. The maximum Gasteiger partial charge on any atom is 0.332 e. The molecule has 5 rings (SSSR count). The van der Waals surface area contributed by atoms with Gasteiger partial charge in [0.25, 0.3) is 0 Å². The van der Waals surface area contributed by atoms with Gasteiger partial charge in [-0.05, 0) is 37.1 Å². The molecule has 3 aliphatic rings. The van der Waals surface area contributed by atoms with Gasteiger partial charge < -0.3 is 4.90 Å². The highest BCUT2D eigenvalue weighted by atomic mass is 32.1. The zero-order valence-corrected chi connectivity index (χ0v) is 15.2. The van der Waals surface area contributed by atoms with Crippen LogP contribution in [0.1, 0.15) is 36.4 Å². The molecule has 1 unspecified atom stereocenters. The van der Waals surface area contributed by atoms with Gasteiger partial charge in [0, 0.05) is 30.4 Å². The fourth-order valence-corrected chi connectivity index (χ4v) is 4.95. The number of rotatable bonds is 3. The first-order valence-electron chi connectivity index (χ1n) is 9.11. The number of aromatic nitrogens is 3. The third kappa shape index (κ3) is 2.39. The van der Waals surface area contributed by atoms with E-state index in [0.717, 1.165) is 37.1 Å². The SMILES string of the molecule is O=C(C1CC1)N1CCC2(CCn3c2nn(Cc2cccs2)c(=O)c3=O)C1. The topological polar surface area (TPSA) is 77.2 Å². The summed E-state index contributed by atoms with van der Waals surface area (Å²) in [5, 5.41) is 6.56. The summed E-state index contributed by atoms with van der Waals surface area (Å²) in [7, 11) is 0. The van der Waals surface area contributed by atoms with Crippen LogP contribution in [0.2, 0.25) is 0 Å². The fraction of sp³-hybridized carbons (Fsp3) is 0.556. The molecule has 1 amide bonds. The molecule has 0 radical (unpaired) electrons. The molecule has 0 bridgehead atoms. The summed E-state index contributed by atoms with van der Waals surface area (Å²) < 4.78 is 2.84. The Bertz CT molecular complexity index is 989. The molecule has 136 valence electrons. The van der Waals surface area contributed by atoms with Crippen molar-refractivity contribution in [2.75, 3.05) is 13.1 Å². The first-order chi connectivity index (χ1) is 12.6. The Balaban J connectivity index is 1.52. The summed E-state index contributed by atoms with van der Waals surface area (Å²) in [5.41, 5.74) is -1.34. The van der Waals surface area contributed by atoms with Gasteiger partial charge in [0.1, 0.15) is 5.82 Å². The number of amides is 1. The number of thiophene rings is 1. The van der Waals surface area contributed by atoms with Crippen molar-refractivity contribution in [2.45, 2.75) is 44.2 Å². The van der Waals surface area contributed by atoms with E-state index in [0.29, 0.717) is 25.5 Å². The van der Waals surface area contributed by atoms with Crippen LogP contribution in [0.3, 0.4) is 0 Å². The summed E-state index contributed by atoms with van der Waals surface area (Å²) in [6.07, 6.45) is 3.58. The van der Waals surface area contributed by atoms with Crippen molar-refractivity contribution in [1.82, 2.24) is 19.2 Å². The molecule has 26 heavy (non-hydrogen) atoms. The number of fused-ring (bicyclic) bond motifs is 2. The summed E-state index contributed by atoms with van der Waals surface area (Å²) in [5.74, 6) is 1.13. The molecule has 2 aromatic heterocycles. The number of nitrogens with zero attached hydrogens (tertiary/aromatic N) is 4. The van der Waals surface area contributed by atoms with Crippen molar-refractivity contribution in [3.8, 4) is 0 Å². The summed E-state index contributed by atoms with van der Waals surface area (Å²) >= 11 is 1.54. The largest absolute Gasteiger partial charge is 0.341 e. The number of carbonyl (C=O) groups excluding carboxylic acids is 1. The predicted octanol–water partition coefficient (Wildman–Crippen LogP) is 0.799. The van der Waals surface area contributed by atoms with Crippen molar-refractivity contribution < 1.29 is 4.79 Å². The van der Waals surface area contributed by atoms with Crippen molar-refractivity contribution in [2.24, 2.45) is 5.92 Å². The standard InChI is InChI=1S/C18H20N4O3S/c23-14(12-3-4-12)20-7-5-18(11-20)6-8-21-15(24)16(25)22(19-17(18)21)10-13-2-1-9-26-13/h1-2,9,12H,3-8,10-11H2.